The molecule has 0 unspecified atom stereocenters. The van der Waals surface area contributed by atoms with Crippen molar-refractivity contribution >= 4 is 15.7 Å². The predicted octanol–water partition coefficient (Wildman–Crippen LogP) is 4.40. The molecule has 2 aromatic carbocycles. The molecule has 2 aromatic rings. The smallest absolute Gasteiger partial charge is 0.404 e. The zero-order valence-electron chi connectivity index (χ0n) is 12.0. The molecular formula is C14H9F6NO3S. The van der Waals surface area contributed by atoms with Gasteiger partial charge < -0.3 is 4.74 Å². The van der Waals surface area contributed by atoms with E-state index in [4.69, 9.17) is 0 Å². The maximum absolute atomic E-state index is 13.0. The summed E-state index contributed by atoms with van der Waals surface area (Å²) < 4.78 is 106. The Balaban J connectivity index is 2.45. The van der Waals surface area contributed by atoms with Crippen molar-refractivity contribution in [2.24, 2.45) is 0 Å². The van der Waals surface area contributed by atoms with Crippen molar-refractivity contribution in [2.75, 3.05) is 4.72 Å². The van der Waals surface area contributed by atoms with Crippen LogP contribution in [0.2, 0.25) is 0 Å². The third-order valence-electron chi connectivity index (χ3n) is 2.84. The lowest BCUT2D eigenvalue weighted by molar-refractivity contribution is -0.274. The van der Waals surface area contributed by atoms with Gasteiger partial charge in [0.25, 0.3) is 10.0 Å². The highest BCUT2D eigenvalue weighted by Gasteiger charge is 2.37. The van der Waals surface area contributed by atoms with Crippen LogP contribution in [0.3, 0.4) is 0 Å². The van der Waals surface area contributed by atoms with Crippen LogP contribution in [-0.2, 0) is 16.2 Å². The molecule has 0 amide bonds. The maximum Gasteiger partial charge on any atom is 0.573 e. The van der Waals surface area contributed by atoms with Gasteiger partial charge >= 0.3 is 12.5 Å². The first kappa shape index (κ1) is 18.9. The summed E-state index contributed by atoms with van der Waals surface area (Å²) in [4.78, 5) is -1.12. The fourth-order valence-corrected chi connectivity index (χ4v) is 3.20. The highest BCUT2D eigenvalue weighted by atomic mass is 32.2. The Labute approximate surface area is 138 Å². The van der Waals surface area contributed by atoms with Crippen LogP contribution in [0, 0.1) is 0 Å². The molecule has 0 spiro atoms. The zero-order chi connectivity index (χ0) is 18.9. The fraction of sp³-hybridized carbons (Fsp3) is 0.143. The van der Waals surface area contributed by atoms with E-state index >= 15 is 0 Å². The molecule has 136 valence electrons. The Morgan fingerprint density at radius 1 is 0.840 bits per heavy atom. The molecule has 0 aromatic heterocycles. The van der Waals surface area contributed by atoms with Crippen molar-refractivity contribution in [3.63, 3.8) is 0 Å². The molecule has 11 heteroatoms. The number of halogens is 6. The Bertz CT molecular complexity index is 861. The van der Waals surface area contributed by atoms with Crippen LogP contribution in [0.4, 0.5) is 32.0 Å². The van der Waals surface area contributed by atoms with Gasteiger partial charge in [0.15, 0.2) is 5.75 Å². The minimum Gasteiger partial charge on any atom is -0.404 e. The molecular weight excluding hydrogens is 376 g/mol. The van der Waals surface area contributed by atoms with Gasteiger partial charge in [0.1, 0.15) is 0 Å². The Hall–Kier alpha value is -2.43. The van der Waals surface area contributed by atoms with Crippen LogP contribution < -0.4 is 9.46 Å². The topological polar surface area (TPSA) is 55.4 Å². The van der Waals surface area contributed by atoms with Crippen LogP contribution in [0.5, 0.6) is 5.75 Å². The Morgan fingerprint density at radius 2 is 1.40 bits per heavy atom. The molecule has 0 bridgehead atoms. The molecule has 1 N–H and O–H groups in total. The van der Waals surface area contributed by atoms with Crippen LogP contribution in [0.25, 0.3) is 0 Å². The van der Waals surface area contributed by atoms with E-state index in [1.165, 1.54) is 6.07 Å². The monoisotopic (exact) mass is 385 g/mol. The number of hydrogen-bond acceptors (Lipinski definition) is 3. The number of sulfonamides is 1. The van der Waals surface area contributed by atoms with E-state index in [0.29, 0.717) is 12.1 Å². The lowest BCUT2D eigenvalue weighted by Crippen LogP contribution is -2.21. The van der Waals surface area contributed by atoms with E-state index in [-0.39, 0.29) is 0 Å². The summed E-state index contributed by atoms with van der Waals surface area (Å²) in [5.74, 6) is -0.900. The van der Waals surface area contributed by atoms with Crippen LogP contribution >= 0.6 is 0 Å². The first-order valence-corrected chi connectivity index (χ1v) is 7.92. The average molecular weight is 385 g/mol. The molecule has 0 saturated carbocycles. The van der Waals surface area contributed by atoms with E-state index < -0.39 is 44.5 Å². The van der Waals surface area contributed by atoms with Crippen LogP contribution in [0.1, 0.15) is 5.56 Å². The molecule has 4 nitrogen and oxygen atoms in total. The zero-order valence-corrected chi connectivity index (χ0v) is 12.8. The third kappa shape index (κ3) is 4.78. The molecule has 0 atom stereocenters. The fourth-order valence-electron chi connectivity index (χ4n) is 1.90. The molecule has 25 heavy (non-hydrogen) atoms. The van der Waals surface area contributed by atoms with Crippen molar-refractivity contribution < 1.29 is 39.5 Å². The Morgan fingerprint density at radius 3 is 2.00 bits per heavy atom. The van der Waals surface area contributed by atoms with Gasteiger partial charge in [-0.1, -0.05) is 24.3 Å². The van der Waals surface area contributed by atoms with E-state index in [1.807, 2.05) is 0 Å². The summed E-state index contributed by atoms with van der Waals surface area (Å²) >= 11 is 0. The van der Waals surface area contributed by atoms with E-state index in [0.717, 1.165) is 30.3 Å². The maximum atomic E-state index is 13.0. The van der Waals surface area contributed by atoms with Gasteiger partial charge in [0.2, 0.25) is 0 Å². The standard InChI is InChI=1S/C14H9F6NO3S/c15-13(16,17)9-5-1-4-8-12(9)25(22,23)21-10-6-2-3-7-11(10)24-14(18,19)20/h1-8,21H. The highest BCUT2D eigenvalue weighted by molar-refractivity contribution is 7.92. The number of hydrogen-bond donors (Lipinski definition) is 1. The lowest BCUT2D eigenvalue weighted by atomic mass is 10.2. The summed E-state index contributed by atoms with van der Waals surface area (Å²) in [6.07, 6.45) is -10.1. The SMILES string of the molecule is O=S(=O)(Nc1ccccc1OC(F)(F)F)c1ccccc1C(F)(F)F. The second-order valence-electron chi connectivity index (χ2n) is 4.64. The minimum absolute atomic E-state index is 0.548. The molecule has 0 fully saturated rings. The number of ether oxygens (including phenoxy) is 1. The van der Waals surface area contributed by atoms with Gasteiger partial charge in [0, 0.05) is 0 Å². The first-order chi connectivity index (χ1) is 11.4. The largest absolute Gasteiger partial charge is 0.573 e. The predicted molar refractivity (Wildman–Crippen MR) is 75.4 cm³/mol. The minimum atomic E-state index is -5.11. The second kappa shape index (κ2) is 6.47. The third-order valence-corrected chi connectivity index (χ3v) is 4.26. The summed E-state index contributed by atoms with van der Waals surface area (Å²) in [5.41, 5.74) is -2.10. The second-order valence-corrected chi connectivity index (χ2v) is 6.29. The Kier molecular flexibility index (Phi) is 4.89. The normalized spacial score (nSPS) is 12.7. The molecule has 0 saturated heterocycles. The molecule has 0 heterocycles. The van der Waals surface area contributed by atoms with Gasteiger partial charge in [0.05, 0.1) is 16.1 Å². The number of anilines is 1. The van der Waals surface area contributed by atoms with Gasteiger partial charge in [-0.25, -0.2) is 8.42 Å². The first-order valence-electron chi connectivity index (χ1n) is 6.44. The van der Waals surface area contributed by atoms with Crippen molar-refractivity contribution in [2.45, 2.75) is 17.4 Å². The van der Waals surface area contributed by atoms with Gasteiger partial charge in [-0.05, 0) is 24.3 Å². The van der Waals surface area contributed by atoms with Gasteiger partial charge in [-0.3, -0.25) is 4.72 Å². The number of rotatable bonds is 4. The van der Waals surface area contributed by atoms with E-state index in [2.05, 4.69) is 4.74 Å². The number of para-hydroxylation sites is 2. The molecule has 0 radical (unpaired) electrons. The molecule has 0 aliphatic rings. The summed E-state index contributed by atoms with van der Waals surface area (Å²) in [5, 5.41) is 0. The van der Waals surface area contributed by atoms with Gasteiger partial charge in [-0.2, -0.15) is 13.2 Å². The summed E-state index contributed by atoms with van der Waals surface area (Å²) in [7, 11) is -4.82. The van der Waals surface area contributed by atoms with Crippen molar-refractivity contribution in [1.82, 2.24) is 0 Å². The van der Waals surface area contributed by atoms with Crippen molar-refractivity contribution in [1.29, 1.82) is 0 Å². The van der Waals surface area contributed by atoms with Crippen LogP contribution in [0.15, 0.2) is 53.4 Å². The quantitative estimate of drug-likeness (QED) is 0.794. The van der Waals surface area contributed by atoms with E-state index in [9.17, 15) is 34.8 Å². The summed E-state index contributed by atoms with van der Waals surface area (Å²) in [6.45, 7) is 0. The lowest BCUT2D eigenvalue weighted by Gasteiger charge is -2.17. The molecule has 0 aliphatic carbocycles. The summed E-state index contributed by atoms with van der Waals surface area (Å²) in [6, 6.07) is 7.37. The van der Waals surface area contributed by atoms with Crippen LogP contribution in [-0.4, -0.2) is 14.8 Å². The van der Waals surface area contributed by atoms with E-state index in [1.54, 1.807) is 4.72 Å². The average Bonchev–Trinajstić information content (AvgIpc) is 2.47. The number of benzene rings is 2. The highest BCUT2D eigenvalue weighted by Crippen LogP contribution is 2.36. The molecule has 2 rings (SSSR count). The van der Waals surface area contributed by atoms with Gasteiger partial charge in [-0.15, -0.1) is 13.2 Å². The van der Waals surface area contributed by atoms with Crippen molar-refractivity contribution in [3.8, 4) is 5.75 Å². The van der Waals surface area contributed by atoms with Crippen molar-refractivity contribution in [3.05, 3.63) is 54.1 Å². The number of nitrogens with one attached hydrogen (secondary N) is 1. The number of alkyl halides is 6. The molecule has 0 aliphatic heterocycles.